The number of ketones is 1. The Hall–Kier alpha value is -3.35. The third-order valence-electron chi connectivity index (χ3n) is 3.16. The smallest absolute Gasteiger partial charge is 0.187 e. The van der Waals surface area contributed by atoms with Gasteiger partial charge in [-0.2, -0.15) is 0 Å². The first kappa shape index (κ1) is 15.5. The van der Waals surface area contributed by atoms with Crippen molar-refractivity contribution in [3.05, 3.63) is 66.8 Å². The minimum Gasteiger partial charge on any atom is -0.497 e. The van der Waals surface area contributed by atoms with Gasteiger partial charge >= 0.3 is 0 Å². The SMILES string of the molecule is COc1ccnc(CC(=O)c2cc(Oc3cncnc3)ccn2)c1. The second-order valence-electron chi connectivity index (χ2n) is 4.84. The fraction of sp³-hybridized carbons (Fsp3) is 0.118. The molecular formula is C17H14N4O3. The highest BCUT2D eigenvalue weighted by Gasteiger charge is 2.12. The molecule has 0 aliphatic rings. The van der Waals surface area contributed by atoms with Crippen LogP contribution in [0.25, 0.3) is 0 Å². The van der Waals surface area contributed by atoms with E-state index in [0.717, 1.165) is 0 Å². The van der Waals surface area contributed by atoms with Gasteiger partial charge in [-0.1, -0.05) is 0 Å². The molecule has 0 spiro atoms. The summed E-state index contributed by atoms with van der Waals surface area (Å²) in [5, 5.41) is 0. The number of pyridine rings is 2. The zero-order valence-corrected chi connectivity index (χ0v) is 12.9. The number of rotatable bonds is 6. The minimum atomic E-state index is -0.162. The predicted octanol–water partition coefficient (Wildman–Crippen LogP) is 2.49. The van der Waals surface area contributed by atoms with E-state index in [2.05, 4.69) is 19.9 Å². The molecule has 3 heterocycles. The van der Waals surface area contributed by atoms with Crippen LogP contribution in [-0.2, 0) is 6.42 Å². The molecule has 7 heteroatoms. The molecule has 0 aliphatic carbocycles. The normalized spacial score (nSPS) is 10.2. The van der Waals surface area contributed by atoms with E-state index in [9.17, 15) is 4.79 Å². The Morgan fingerprint density at radius 3 is 2.54 bits per heavy atom. The Labute approximate surface area is 138 Å². The highest BCUT2D eigenvalue weighted by molar-refractivity contribution is 5.95. The highest BCUT2D eigenvalue weighted by Crippen LogP contribution is 2.20. The van der Waals surface area contributed by atoms with Crippen LogP contribution in [0, 0.1) is 0 Å². The van der Waals surface area contributed by atoms with Crippen LogP contribution >= 0.6 is 0 Å². The van der Waals surface area contributed by atoms with Crippen molar-refractivity contribution in [3.8, 4) is 17.2 Å². The van der Waals surface area contributed by atoms with E-state index in [-0.39, 0.29) is 12.2 Å². The zero-order chi connectivity index (χ0) is 16.8. The summed E-state index contributed by atoms with van der Waals surface area (Å²) >= 11 is 0. The molecule has 3 aromatic heterocycles. The van der Waals surface area contributed by atoms with Gasteiger partial charge in [-0.15, -0.1) is 0 Å². The Morgan fingerprint density at radius 1 is 1.00 bits per heavy atom. The van der Waals surface area contributed by atoms with Crippen LogP contribution < -0.4 is 9.47 Å². The van der Waals surface area contributed by atoms with Crippen molar-refractivity contribution in [2.24, 2.45) is 0 Å². The quantitative estimate of drug-likeness (QED) is 0.644. The lowest BCUT2D eigenvalue weighted by atomic mass is 10.1. The molecule has 0 aromatic carbocycles. The van der Waals surface area contributed by atoms with Crippen LogP contribution in [0.2, 0.25) is 0 Å². The third-order valence-corrected chi connectivity index (χ3v) is 3.16. The summed E-state index contributed by atoms with van der Waals surface area (Å²) in [4.78, 5) is 28.4. The molecular weight excluding hydrogens is 308 g/mol. The highest BCUT2D eigenvalue weighted by atomic mass is 16.5. The molecule has 7 nitrogen and oxygen atoms in total. The van der Waals surface area contributed by atoms with E-state index in [1.165, 1.54) is 24.9 Å². The molecule has 0 fully saturated rings. The Bertz CT molecular complexity index is 840. The summed E-state index contributed by atoms with van der Waals surface area (Å²) in [6.07, 6.45) is 7.73. The number of hydrogen-bond acceptors (Lipinski definition) is 7. The van der Waals surface area contributed by atoms with Gasteiger partial charge < -0.3 is 9.47 Å². The molecule has 3 aromatic rings. The van der Waals surface area contributed by atoms with Crippen molar-refractivity contribution in [1.82, 2.24) is 19.9 Å². The number of nitrogens with zero attached hydrogens (tertiary/aromatic N) is 4. The van der Waals surface area contributed by atoms with Gasteiger partial charge in [0.25, 0.3) is 0 Å². The maximum Gasteiger partial charge on any atom is 0.187 e. The van der Waals surface area contributed by atoms with E-state index in [0.29, 0.717) is 28.6 Å². The molecule has 0 radical (unpaired) electrons. The van der Waals surface area contributed by atoms with E-state index in [4.69, 9.17) is 9.47 Å². The molecule has 0 aliphatic heterocycles. The van der Waals surface area contributed by atoms with Crippen LogP contribution in [0.5, 0.6) is 17.2 Å². The van der Waals surface area contributed by atoms with Crippen LogP contribution in [0.15, 0.2) is 55.4 Å². The topological polar surface area (TPSA) is 87.1 Å². The number of carbonyl (C=O) groups is 1. The molecule has 0 atom stereocenters. The number of carbonyl (C=O) groups excluding carboxylic acids is 1. The van der Waals surface area contributed by atoms with Crippen LogP contribution in [0.1, 0.15) is 16.2 Å². The number of aromatic nitrogens is 4. The van der Waals surface area contributed by atoms with Gasteiger partial charge in [-0.05, 0) is 12.1 Å². The summed E-state index contributed by atoms with van der Waals surface area (Å²) in [7, 11) is 1.57. The van der Waals surface area contributed by atoms with Crippen molar-refractivity contribution >= 4 is 5.78 Å². The molecule has 24 heavy (non-hydrogen) atoms. The lowest BCUT2D eigenvalue weighted by molar-refractivity contribution is 0.0987. The average molecular weight is 322 g/mol. The summed E-state index contributed by atoms with van der Waals surface area (Å²) in [5.41, 5.74) is 0.915. The Kier molecular flexibility index (Phi) is 4.71. The first-order valence-electron chi connectivity index (χ1n) is 7.15. The van der Waals surface area contributed by atoms with Crippen molar-refractivity contribution in [3.63, 3.8) is 0 Å². The Balaban J connectivity index is 1.74. The molecule has 0 saturated carbocycles. The van der Waals surface area contributed by atoms with Crippen LogP contribution in [0.4, 0.5) is 0 Å². The Morgan fingerprint density at radius 2 is 1.75 bits per heavy atom. The molecule has 0 unspecified atom stereocenters. The third kappa shape index (κ3) is 3.89. The standard InChI is InChI=1S/C17H14N4O3/c1-23-13-2-4-20-12(6-13)7-17(22)16-8-14(3-5-21-16)24-15-9-18-11-19-10-15/h2-6,8-11H,7H2,1H3. The second kappa shape index (κ2) is 7.28. The first-order valence-corrected chi connectivity index (χ1v) is 7.15. The monoisotopic (exact) mass is 322 g/mol. The lowest BCUT2D eigenvalue weighted by Crippen LogP contribution is -2.07. The summed E-state index contributed by atoms with van der Waals surface area (Å²) in [6, 6.07) is 6.69. The number of methoxy groups -OCH3 is 1. The lowest BCUT2D eigenvalue weighted by Gasteiger charge is -2.06. The molecule has 3 rings (SSSR count). The first-order chi connectivity index (χ1) is 11.7. The largest absolute Gasteiger partial charge is 0.497 e. The minimum absolute atomic E-state index is 0.127. The predicted molar refractivity (Wildman–Crippen MR) is 85.2 cm³/mol. The van der Waals surface area contributed by atoms with Gasteiger partial charge in [0.15, 0.2) is 11.5 Å². The maximum atomic E-state index is 12.4. The fourth-order valence-corrected chi connectivity index (χ4v) is 2.04. The van der Waals surface area contributed by atoms with E-state index >= 15 is 0 Å². The van der Waals surface area contributed by atoms with Gasteiger partial charge in [-0.3, -0.25) is 14.8 Å². The number of ether oxygens (including phenoxy) is 2. The van der Waals surface area contributed by atoms with Gasteiger partial charge in [0, 0.05) is 24.5 Å². The van der Waals surface area contributed by atoms with Crippen LogP contribution in [-0.4, -0.2) is 32.8 Å². The molecule has 0 saturated heterocycles. The van der Waals surface area contributed by atoms with E-state index in [1.54, 1.807) is 37.6 Å². The van der Waals surface area contributed by atoms with Crippen molar-refractivity contribution in [2.45, 2.75) is 6.42 Å². The van der Waals surface area contributed by atoms with Gasteiger partial charge in [0.1, 0.15) is 23.5 Å². The molecule has 0 amide bonds. The van der Waals surface area contributed by atoms with Gasteiger partial charge in [-0.25, -0.2) is 9.97 Å². The summed E-state index contributed by atoms with van der Waals surface area (Å²) < 4.78 is 10.7. The van der Waals surface area contributed by atoms with Crippen molar-refractivity contribution in [2.75, 3.05) is 7.11 Å². The molecule has 0 bridgehead atoms. The molecule has 120 valence electrons. The average Bonchev–Trinajstić information content (AvgIpc) is 2.63. The van der Waals surface area contributed by atoms with E-state index in [1.807, 2.05) is 0 Å². The summed E-state index contributed by atoms with van der Waals surface area (Å²) in [6.45, 7) is 0. The molecule has 0 N–H and O–H groups in total. The van der Waals surface area contributed by atoms with Gasteiger partial charge in [0.05, 0.1) is 31.6 Å². The number of Topliss-reactive ketones (excluding diaryl/α,β-unsaturated/α-hetero) is 1. The maximum absolute atomic E-state index is 12.4. The number of hydrogen-bond donors (Lipinski definition) is 0. The van der Waals surface area contributed by atoms with Crippen molar-refractivity contribution in [1.29, 1.82) is 0 Å². The second-order valence-corrected chi connectivity index (χ2v) is 4.84. The zero-order valence-electron chi connectivity index (χ0n) is 12.9. The van der Waals surface area contributed by atoms with Crippen molar-refractivity contribution < 1.29 is 14.3 Å². The summed E-state index contributed by atoms with van der Waals surface area (Å²) in [5.74, 6) is 1.46. The van der Waals surface area contributed by atoms with Crippen LogP contribution in [0.3, 0.4) is 0 Å². The fourth-order valence-electron chi connectivity index (χ4n) is 2.04. The van der Waals surface area contributed by atoms with E-state index < -0.39 is 0 Å². The van der Waals surface area contributed by atoms with Gasteiger partial charge in [0.2, 0.25) is 0 Å².